The number of sulfonamides is 1. The number of hydrogen-bond donors (Lipinski definition) is 1. The molecule has 1 saturated heterocycles. The van der Waals surface area contributed by atoms with E-state index in [2.05, 4.69) is 4.98 Å². The van der Waals surface area contributed by atoms with Gasteiger partial charge in [-0.25, -0.2) is 8.42 Å². The number of aryl methyl sites for hydroxylation is 1. The average molecular weight is 580 g/mol. The van der Waals surface area contributed by atoms with Crippen LogP contribution in [0.4, 0.5) is 26.3 Å². The van der Waals surface area contributed by atoms with Gasteiger partial charge in [-0.15, -0.1) is 0 Å². The Labute approximate surface area is 224 Å². The molecule has 14 heteroatoms. The van der Waals surface area contributed by atoms with Crippen LogP contribution in [0.3, 0.4) is 0 Å². The summed E-state index contributed by atoms with van der Waals surface area (Å²) in [6.45, 7) is 1.70. The first-order chi connectivity index (χ1) is 18.7. The SMILES string of the molecule is Cc1ccc(S(=O)(=O)N2B(c3cc(C(F)(F)F)cc(C(F)(F)F)c3)OC(=O)C2Cc2c[nH]c3ccccc23)cc1. The molecule has 0 bridgehead atoms. The number of aromatic nitrogens is 1. The molecule has 1 atom stereocenters. The number of carbonyl (C=O) groups is 1. The number of carbonyl (C=O) groups excluding carboxylic acids is 1. The van der Waals surface area contributed by atoms with Gasteiger partial charge in [0.05, 0.1) is 16.0 Å². The standard InChI is InChI=1S/C26H19BF6N2O4S/c1-15-6-8-20(9-7-15)40(37,38)35-23(10-16-14-34-22-5-3-2-4-21(16)22)24(36)39-27(35)19-12-17(25(28,29)30)11-18(13-19)26(31,32)33/h2-9,11-14,23,34H,10H2,1H3. The first-order valence-corrected chi connectivity index (χ1v) is 13.3. The number of para-hydroxylation sites is 1. The number of benzene rings is 3. The van der Waals surface area contributed by atoms with E-state index in [9.17, 15) is 39.6 Å². The van der Waals surface area contributed by atoms with E-state index in [1.54, 1.807) is 37.4 Å². The molecule has 0 amide bonds. The summed E-state index contributed by atoms with van der Waals surface area (Å²) in [6, 6.07) is 11.4. The third kappa shape index (κ3) is 5.08. The highest BCUT2D eigenvalue weighted by Crippen LogP contribution is 2.36. The molecule has 40 heavy (non-hydrogen) atoms. The number of fused-ring (bicyclic) bond motifs is 1. The Morgan fingerprint density at radius 2 is 1.52 bits per heavy atom. The third-order valence-electron chi connectivity index (χ3n) is 6.62. The summed E-state index contributed by atoms with van der Waals surface area (Å²) >= 11 is 0. The zero-order valence-electron chi connectivity index (χ0n) is 20.5. The van der Waals surface area contributed by atoms with E-state index >= 15 is 0 Å². The normalized spacial score (nSPS) is 17.0. The van der Waals surface area contributed by atoms with Crippen molar-refractivity contribution < 1.29 is 44.2 Å². The molecular weight excluding hydrogens is 561 g/mol. The predicted molar refractivity (Wildman–Crippen MR) is 134 cm³/mol. The fraction of sp³-hybridized carbons (Fsp3) is 0.192. The van der Waals surface area contributed by atoms with Crippen molar-refractivity contribution in [3.05, 3.63) is 95.2 Å². The molecule has 4 aromatic rings. The number of H-pyrrole nitrogens is 1. The third-order valence-corrected chi connectivity index (χ3v) is 8.49. The lowest BCUT2D eigenvalue weighted by atomic mass is 9.72. The van der Waals surface area contributed by atoms with Gasteiger partial charge in [0.2, 0.25) is 10.0 Å². The number of alkyl halides is 6. The van der Waals surface area contributed by atoms with Gasteiger partial charge in [-0.3, -0.25) is 4.79 Å². The molecule has 1 N–H and O–H groups in total. The summed E-state index contributed by atoms with van der Waals surface area (Å²) in [4.78, 5) is 15.8. The molecule has 1 unspecified atom stereocenters. The molecule has 0 aliphatic carbocycles. The molecule has 5 rings (SSSR count). The average Bonchev–Trinajstić information content (AvgIpc) is 3.44. The van der Waals surface area contributed by atoms with Gasteiger partial charge < -0.3 is 9.64 Å². The lowest BCUT2D eigenvalue weighted by Gasteiger charge is -2.24. The summed E-state index contributed by atoms with van der Waals surface area (Å²) in [7, 11) is -6.76. The Kier molecular flexibility index (Phi) is 6.74. The van der Waals surface area contributed by atoms with Crippen molar-refractivity contribution in [1.82, 2.24) is 9.20 Å². The molecule has 3 aromatic carbocycles. The fourth-order valence-electron chi connectivity index (χ4n) is 4.65. The van der Waals surface area contributed by atoms with Crippen LogP contribution in [0.1, 0.15) is 22.3 Å². The number of rotatable bonds is 5. The quantitative estimate of drug-likeness (QED) is 0.264. The predicted octanol–water partition coefficient (Wildman–Crippen LogP) is 5.07. The van der Waals surface area contributed by atoms with Gasteiger partial charge in [0, 0.05) is 23.5 Å². The van der Waals surface area contributed by atoms with Crippen molar-refractivity contribution in [1.29, 1.82) is 0 Å². The molecule has 208 valence electrons. The van der Waals surface area contributed by atoms with E-state index in [0.717, 1.165) is 0 Å². The monoisotopic (exact) mass is 580 g/mol. The highest BCUT2D eigenvalue weighted by Gasteiger charge is 2.54. The van der Waals surface area contributed by atoms with Gasteiger partial charge in [0.1, 0.15) is 6.04 Å². The number of halogens is 6. The van der Waals surface area contributed by atoms with Crippen LogP contribution in [-0.2, 0) is 38.2 Å². The van der Waals surface area contributed by atoms with Crippen LogP contribution in [0.15, 0.2) is 77.8 Å². The molecule has 6 nitrogen and oxygen atoms in total. The number of hydrogen-bond acceptors (Lipinski definition) is 4. The van der Waals surface area contributed by atoms with Crippen LogP contribution in [0.25, 0.3) is 10.9 Å². The Balaban J connectivity index is 1.68. The largest absolute Gasteiger partial charge is 0.514 e. The van der Waals surface area contributed by atoms with E-state index in [-0.39, 0.29) is 17.4 Å². The number of aromatic amines is 1. The maximum Gasteiger partial charge on any atom is 0.502 e. The van der Waals surface area contributed by atoms with Gasteiger partial charge in [0.15, 0.2) is 0 Å². The molecule has 2 heterocycles. The maximum absolute atomic E-state index is 13.9. The highest BCUT2D eigenvalue weighted by atomic mass is 32.2. The lowest BCUT2D eigenvalue weighted by molar-refractivity contribution is -0.143. The molecule has 1 fully saturated rings. The van der Waals surface area contributed by atoms with E-state index in [1.165, 1.54) is 24.3 Å². The fourth-order valence-corrected chi connectivity index (χ4v) is 6.29. The number of nitrogens with zero attached hydrogens (tertiary/aromatic N) is 1. The van der Waals surface area contributed by atoms with Crippen molar-refractivity contribution in [2.75, 3.05) is 0 Å². The van der Waals surface area contributed by atoms with E-state index in [1.807, 2.05) is 0 Å². The van der Waals surface area contributed by atoms with E-state index < -0.39 is 58.0 Å². The smallest absolute Gasteiger partial charge is 0.502 e. The summed E-state index contributed by atoms with van der Waals surface area (Å²) in [5.41, 5.74) is -2.23. The van der Waals surface area contributed by atoms with Crippen LogP contribution >= 0.6 is 0 Å². The molecular formula is C26H19BF6N2O4S. The minimum absolute atomic E-state index is 0.0808. The minimum Gasteiger partial charge on any atom is -0.514 e. The molecule has 0 radical (unpaired) electrons. The van der Waals surface area contributed by atoms with Crippen LogP contribution in [0.2, 0.25) is 0 Å². The summed E-state index contributed by atoms with van der Waals surface area (Å²) in [6.07, 6.45) is -9.09. The van der Waals surface area contributed by atoms with Crippen molar-refractivity contribution in [2.24, 2.45) is 0 Å². The van der Waals surface area contributed by atoms with Crippen molar-refractivity contribution in [3.63, 3.8) is 0 Å². The Bertz CT molecular complexity index is 1670. The van der Waals surface area contributed by atoms with Crippen LogP contribution in [0.5, 0.6) is 0 Å². The first kappa shape index (κ1) is 27.8. The molecule has 1 aliphatic rings. The summed E-state index contributed by atoms with van der Waals surface area (Å²) in [5, 5.41) is 0.657. The number of nitrogens with one attached hydrogen (secondary N) is 1. The Hall–Kier alpha value is -3.78. The zero-order valence-corrected chi connectivity index (χ0v) is 21.4. The second-order valence-corrected chi connectivity index (χ2v) is 11.2. The second kappa shape index (κ2) is 9.70. The van der Waals surface area contributed by atoms with Crippen LogP contribution < -0.4 is 5.46 Å². The van der Waals surface area contributed by atoms with E-state index in [0.29, 0.717) is 38.4 Å². The maximum atomic E-state index is 13.9. The van der Waals surface area contributed by atoms with Crippen LogP contribution in [0, 0.1) is 6.92 Å². The summed E-state index contributed by atoms with van der Waals surface area (Å²) in [5.74, 6) is -1.11. The summed E-state index contributed by atoms with van der Waals surface area (Å²) < 4.78 is 115. The lowest BCUT2D eigenvalue weighted by Crippen LogP contribution is -2.52. The highest BCUT2D eigenvalue weighted by molar-refractivity contribution is 7.90. The minimum atomic E-state index is -5.19. The molecule has 1 aromatic heterocycles. The topological polar surface area (TPSA) is 79.5 Å². The van der Waals surface area contributed by atoms with E-state index in [4.69, 9.17) is 4.65 Å². The van der Waals surface area contributed by atoms with Gasteiger partial charge in [-0.2, -0.15) is 30.6 Å². The van der Waals surface area contributed by atoms with Crippen molar-refractivity contribution >= 4 is 39.4 Å². The van der Waals surface area contributed by atoms with Gasteiger partial charge in [0.25, 0.3) is 0 Å². The molecule has 0 spiro atoms. The zero-order chi connectivity index (χ0) is 29.0. The first-order valence-electron chi connectivity index (χ1n) is 11.8. The van der Waals surface area contributed by atoms with Gasteiger partial charge >= 0.3 is 25.4 Å². The van der Waals surface area contributed by atoms with Crippen molar-refractivity contribution in [3.8, 4) is 0 Å². The van der Waals surface area contributed by atoms with Gasteiger partial charge in [-0.05, 0) is 42.2 Å². The molecule has 0 saturated carbocycles. The second-order valence-electron chi connectivity index (χ2n) is 9.36. The Morgan fingerprint density at radius 3 is 2.12 bits per heavy atom. The van der Waals surface area contributed by atoms with Gasteiger partial charge in [-0.1, -0.05) is 48.0 Å². The van der Waals surface area contributed by atoms with Crippen molar-refractivity contribution in [2.45, 2.75) is 36.6 Å². The molecule has 1 aliphatic heterocycles. The Morgan fingerprint density at radius 1 is 0.925 bits per heavy atom. The van der Waals surface area contributed by atoms with Crippen LogP contribution in [-0.4, -0.2) is 36.7 Å².